The van der Waals surface area contributed by atoms with Gasteiger partial charge in [-0.2, -0.15) is 4.31 Å². The van der Waals surface area contributed by atoms with E-state index in [4.69, 9.17) is 10.8 Å². The molecule has 1 aromatic heterocycles. The fraction of sp³-hybridized carbons (Fsp3) is 0.600. The lowest BCUT2D eigenvalue weighted by atomic mass is 10.2. The van der Waals surface area contributed by atoms with Crippen molar-refractivity contribution in [3.8, 4) is 12.3 Å². The van der Waals surface area contributed by atoms with Crippen molar-refractivity contribution >= 4 is 10.0 Å². The summed E-state index contributed by atoms with van der Waals surface area (Å²) in [6, 6.07) is 3.17. The molecular formula is C15H24N2O3S. The molecule has 1 N–H and O–H groups in total. The first-order valence-electron chi connectivity index (χ1n) is 7.14. The molecule has 0 aliphatic carbocycles. The van der Waals surface area contributed by atoms with Crippen molar-refractivity contribution in [2.75, 3.05) is 19.6 Å². The van der Waals surface area contributed by atoms with Gasteiger partial charge in [0.25, 0.3) is 10.0 Å². The Morgan fingerprint density at radius 3 is 2.71 bits per heavy atom. The summed E-state index contributed by atoms with van der Waals surface area (Å²) in [5, 5.41) is 3.16. The summed E-state index contributed by atoms with van der Waals surface area (Å²) < 4.78 is 31.6. The van der Waals surface area contributed by atoms with E-state index in [0.717, 1.165) is 6.54 Å². The van der Waals surface area contributed by atoms with Crippen LogP contribution in [0.5, 0.6) is 0 Å². The normalized spacial score (nSPS) is 12.0. The molecule has 1 heterocycles. The third-order valence-corrected chi connectivity index (χ3v) is 4.54. The van der Waals surface area contributed by atoms with Crippen LogP contribution in [0.25, 0.3) is 0 Å². The van der Waals surface area contributed by atoms with Crippen molar-refractivity contribution in [1.29, 1.82) is 0 Å². The number of nitrogens with zero attached hydrogens (tertiary/aromatic N) is 1. The smallest absolute Gasteiger partial charge is 0.277 e. The monoisotopic (exact) mass is 312 g/mol. The van der Waals surface area contributed by atoms with Crippen molar-refractivity contribution in [3.05, 3.63) is 17.9 Å². The van der Waals surface area contributed by atoms with E-state index in [1.807, 2.05) is 6.92 Å². The van der Waals surface area contributed by atoms with Crippen molar-refractivity contribution < 1.29 is 12.8 Å². The highest BCUT2D eigenvalue weighted by Gasteiger charge is 2.26. The zero-order valence-electron chi connectivity index (χ0n) is 12.9. The largest absolute Gasteiger partial charge is 0.447 e. The molecule has 5 nitrogen and oxygen atoms in total. The molecule has 0 atom stereocenters. The fourth-order valence-corrected chi connectivity index (χ4v) is 3.21. The predicted molar refractivity (Wildman–Crippen MR) is 83.1 cm³/mol. The Balaban J connectivity index is 2.79. The maximum atomic E-state index is 12.4. The van der Waals surface area contributed by atoms with E-state index in [1.54, 1.807) is 6.07 Å². The van der Waals surface area contributed by atoms with Gasteiger partial charge < -0.3 is 9.73 Å². The summed E-state index contributed by atoms with van der Waals surface area (Å²) in [5.74, 6) is 3.50. The van der Waals surface area contributed by atoms with Gasteiger partial charge in [-0.1, -0.05) is 26.7 Å². The van der Waals surface area contributed by atoms with E-state index in [1.165, 1.54) is 10.4 Å². The van der Waals surface area contributed by atoms with Gasteiger partial charge in [-0.25, -0.2) is 8.42 Å². The second kappa shape index (κ2) is 8.23. The van der Waals surface area contributed by atoms with Gasteiger partial charge in [0.15, 0.2) is 0 Å². The van der Waals surface area contributed by atoms with E-state index in [-0.39, 0.29) is 11.6 Å². The average molecular weight is 312 g/mol. The van der Waals surface area contributed by atoms with Gasteiger partial charge in [-0.05, 0) is 31.0 Å². The summed E-state index contributed by atoms with van der Waals surface area (Å²) in [4.78, 5) is 0. The summed E-state index contributed by atoms with van der Waals surface area (Å²) in [7, 11) is -3.65. The summed E-state index contributed by atoms with van der Waals surface area (Å²) in [6.45, 7) is 7.91. The molecule has 0 radical (unpaired) electrons. The minimum absolute atomic E-state index is 0.0486. The molecule has 0 spiro atoms. The molecule has 0 bridgehead atoms. The molecule has 6 heteroatoms. The number of sulfonamides is 1. The maximum Gasteiger partial charge on any atom is 0.277 e. The molecule has 0 aliphatic rings. The first-order valence-corrected chi connectivity index (χ1v) is 8.58. The molecule has 1 aromatic rings. The van der Waals surface area contributed by atoms with Crippen LogP contribution in [-0.2, 0) is 16.6 Å². The standard InChI is InChI=1S/C15H24N2O3S/c1-5-9-17(10-6-2)21(18,19)15-8-7-14(20-15)12-16-11-13(3)4/h1,7-8,13,16H,6,9-12H2,2-4H3. The SMILES string of the molecule is C#CCN(CCC)S(=O)(=O)c1ccc(CNCC(C)C)o1. The predicted octanol–water partition coefficient (Wildman–Crippen LogP) is 2.06. The number of rotatable bonds is 9. The van der Waals surface area contributed by atoms with Crippen LogP contribution in [0.3, 0.4) is 0 Å². The zero-order valence-corrected chi connectivity index (χ0v) is 13.7. The quantitative estimate of drug-likeness (QED) is 0.709. The van der Waals surface area contributed by atoms with Gasteiger partial charge in [-0.15, -0.1) is 6.42 Å². The van der Waals surface area contributed by atoms with Gasteiger partial charge in [0, 0.05) is 6.54 Å². The van der Waals surface area contributed by atoms with Gasteiger partial charge >= 0.3 is 0 Å². The zero-order chi connectivity index (χ0) is 15.9. The van der Waals surface area contributed by atoms with Crippen LogP contribution in [0.2, 0.25) is 0 Å². The lowest BCUT2D eigenvalue weighted by Gasteiger charge is -2.17. The molecule has 0 aromatic carbocycles. The molecule has 0 aliphatic heterocycles. The van der Waals surface area contributed by atoms with E-state index >= 15 is 0 Å². The third-order valence-electron chi connectivity index (χ3n) is 2.82. The van der Waals surface area contributed by atoms with E-state index in [9.17, 15) is 8.42 Å². The lowest BCUT2D eigenvalue weighted by molar-refractivity contribution is 0.371. The van der Waals surface area contributed by atoms with E-state index < -0.39 is 10.0 Å². The van der Waals surface area contributed by atoms with Crippen LogP contribution in [0.4, 0.5) is 0 Å². The minimum Gasteiger partial charge on any atom is -0.447 e. The highest BCUT2D eigenvalue weighted by Crippen LogP contribution is 2.19. The van der Waals surface area contributed by atoms with Crippen LogP contribution in [0.15, 0.2) is 21.6 Å². The molecule has 0 saturated carbocycles. The second-order valence-electron chi connectivity index (χ2n) is 5.29. The maximum absolute atomic E-state index is 12.4. The highest BCUT2D eigenvalue weighted by molar-refractivity contribution is 7.89. The minimum atomic E-state index is -3.65. The van der Waals surface area contributed by atoms with Gasteiger partial charge in [0.1, 0.15) is 5.76 Å². The Morgan fingerprint density at radius 2 is 2.14 bits per heavy atom. The summed E-state index contributed by atoms with van der Waals surface area (Å²) in [5.41, 5.74) is 0. The van der Waals surface area contributed by atoms with Crippen LogP contribution in [0, 0.1) is 18.3 Å². The summed E-state index contributed by atoms with van der Waals surface area (Å²) in [6.07, 6.45) is 5.94. The Hall–Kier alpha value is -1.29. The molecule has 0 amide bonds. The van der Waals surface area contributed by atoms with Crippen LogP contribution < -0.4 is 5.32 Å². The third kappa shape index (κ3) is 5.20. The van der Waals surface area contributed by atoms with Gasteiger partial charge in [0.05, 0.1) is 13.1 Å². The van der Waals surface area contributed by atoms with E-state index in [2.05, 4.69) is 25.1 Å². The Morgan fingerprint density at radius 1 is 1.43 bits per heavy atom. The van der Waals surface area contributed by atoms with Gasteiger partial charge in [0.2, 0.25) is 5.09 Å². The topological polar surface area (TPSA) is 62.6 Å². The number of nitrogens with one attached hydrogen (secondary N) is 1. The van der Waals surface area contributed by atoms with Crippen molar-refractivity contribution in [2.24, 2.45) is 5.92 Å². The average Bonchev–Trinajstić information content (AvgIpc) is 2.87. The fourth-order valence-electron chi connectivity index (χ4n) is 1.84. The van der Waals surface area contributed by atoms with E-state index in [0.29, 0.717) is 31.2 Å². The van der Waals surface area contributed by atoms with Crippen LogP contribution >= 0.6 is 0 Å². The van der Waals surface area contributed by atoms with Gasteiger partial charge in [-0.3, -0.25) is 0 Å². The highest BCUT2D eigenvalue weighted by atomic mass is 32.2. The number of hydrogen-bond donors (Lipinski definition) is 1. The lowest BCUT2D eigenvalue weighted by Crippen LogP contribution is -2.32. The molecular weight excluding hydrogens is 288 g/mol. The van der Waals surface area contributed by atoms with Crippen LogP contribution in [-0.4, -0.2) is 32.4 Å². The van der Waals surface area contributed by atoms with Crippen LogP contribution in [0.1, 0.15) is 33.0 Å². The Labute approximate surface area is 127 Å². The molecule has 1 rings (SSSR count). The molecule has 0 unspecified atom stereocenters. The van der Waals surface area contributed by atoms with Crippen molar-refractivity contribution in [3.63, 3.8) is 0 Å². The second-order valence-corrected chi connectivity index (χ2v) is 7.16. The Bertz CT molecular complexity index is 570. The Kier molecular flexibility index (Phi) is 6.96. The van der Waals surface area contributed by atoms with Crippen molar-refractivity contribution in [1.82, 2.24) is 9.62 Å². The first kappa shape index (κ1) is 17.8. The summed E-state index contributed by atoms with van der Waals surface area (Å²) >= 11 is 0. The number of hydrogen-bond acceptors (Lipinski definition) is 4. The number of furan rings is 1. The molecule has 21 heavy (non-hydrogen) atoms. The van der Waals surface area contributed by atoms with Crippen molar-refractivity contribution in [2.45, 2.75) is 38.8 Å². The molecule has 0 saturated heterocycles. The number of terminal acetylenes is 1. The first-order chi connectivity index (χ1) is 9.91. The molecule has 0 fully saturated rings. The molecule has 118 valence electrons.